The first-order valence-electron chi connectivity index (χ1n) is 9.90. The lowest BCUT2D eigenvalue weighted by atomic mass is 10.0. The van der Waals surface area contributed by atoms with Crippen molar-refractivity contribution in [2.75, 3.05) is 32.8 Å². The zero-order chi connectivity index (χ0) is 22.3. The van der Waals surface area contributed by atoms with Crippen LogP contribution in [-0.4, -0.2) is 70.0 Å². The summed E-state index contributed by atoms with van der Waals surface area (Å²) in [5.41, 5.74) is 2.89. The van der Waals surface area contributed by atoms with Crippen LogP contribution in [0.3, 0.4) is 0 Å². The van der Waals surface area contributed by atoms with Crippen LogP contribution < -0.4 is 4.74 Å². The summed E-state index contributed by atoms with van der Waals surface area (Å²) < 4.78 is 20.9. The molecule has 1 saturated heterocycles. The summed E-state index contributed by atoms with van der Waals surface area (Å²) in [7, 11) is -4.43. The lowest BCUT2D eigenvalue weighted by molar-refractivity contribution is -0.0201. The Kier molecular flexibility index (Phi) is 8.24. The molecule has 8 nitrogen and oxygen atoms in total. The molecule has 0 radical (unpaired) electrons. The molecule has 0 aromatic heterocycles. The van der Waals surface area contributed by atoms with Gasteiger partial charge in [-0.2, -0.15) is 0 Å². The van der Waals surface area contributed by atoms with Gasteiger partial charge in [0, 0.05) is 31.6 Å². The third kappa shape index (κ3) is 7.76. The van der Waals surface area contributed by atoms with Crippen LogP contribution in [-0.2, 0) is 9.09 Å². The highest BCUT2D eigenvalue weighted by Gasteiger charge is 2.29. The molecule has 166 valence electrons. The highest BCUT2D eigenvalue weighted by Crippen LogP contribution is 2.35. The molecule has 1 aliphatic heterocycles. The molecule has 0 amide bonds. The van der Waals surface area contributed by atoms with E-state index in [-0.39, 0.29) is 25.7 Å². The number of phosphoric ester groups is 1. The van der Waals surface area contributed by atoms with Gasteiger partial charge >= 0.3 is 7.82 Å². The third-order valence-electron chi connectivity index (χ3n) is 4.70. The van der Waals surface area contributed by atoms with E-state index < -0.39 is 13.9 Å². The predicted molar refractivity (Wildman–Crippen MR) is 115 cm³/mol. The van der Waals surface area contributed by atoms with Gasteiger partial charge < -0.3 is 24.7 Å². The first-order valence-corrected chi connectivity index (χ1v) is 11.4. The fourth-order valence-corrected chi connectivity index (χ4v) is 3.48. The number of benzene rings is 2. The summed E-state index contributed by atoms with van der Waals surface area (Å²) in [6.07, 6.45) is -0.393. The average molecular weight is 447 g/mol. The van der Waals surface area contributed by atoms with Gasteiger partial charge in [-0.25, -0.2) is 4.57 Å². The molecule has 0 unspecified atom stereocenters. The van der Waals surface area contributed by atoms with Crippen LogP contribution in [0.15, 0.2) is 48.5 Å². The summed E-state index contributed by atoms with van der Waals surface area (Å²) >= 11 is 0. The van der Waals surface area contributed by atoms with Gasteiger partial charge in [0.2, 0.25) is 0 Å². The van der Waals surface area contributed by atoms with Gasteiger partial charge in [-0.3, -0.25) is 9.42 Å². The third-order valence-corrected chi connectivity index (χ3v) is 5.22. The van der Waals surface area contributed by atoms with Crippen molar-refractivity contribution in [1.29, 1.82) is 0 Å². The zero-order valence-electron chi connectivity index (χ0n) is 16.9. The second-order valence-corrected chi connectivity index (χ2v) is 8.51. The summed E-state index contributed by atoms with van der Waals surface area (Å²) in [6.45, 7) is 1.56. The van der Waals surface area contributed by atoms with Crippen molar-refractivity contribution in [3.63, 3.8) is 0 Å². The van der Waals surface area contributed by atoms with Crippen LogP contribution in [0.2, 0.25) is 0 Å². The Labute approximate surface area is 181 Å². The molecule has 1 heterocycles. The molecule has 0 saturated carbocycles. The number of aliphatic hydroxyl groups excluding tert-OH is 2. The topological polar surface area (TPSA) is 120 Å². The number of rotatable bonds is 9. The molecular formula is C22H26NO7P. The van der Waals surface area contributed by atoms with Crippen LogP contribution in [0, 0.1) is 11.8 Å². The van der Waals surface area contributed by atoms with E-state index in [1.807, 2.05) is 53.4 Å². The lowest BCUT2D eigenvalue weighted by Crippen LogP contribution is -2.56. The minimum Gasteiger partial charge on any atom is -0.488 e. The smallest absolute Gasteiger partial charge is 0.469 e. The van der Waals surface area contributed by atoms with E-state index in [9.17, 15) is 9.67 Å². The molecule has 4 N–H and O–H groups in total. The maximum atomic E-state index is 10.6. The van der Waals surface area contributed by atoms with Crippen molar-refractivity contribution in [2.24, 2.45) is 0 Å². The SMILES string of the molecule is O=P(O)(O)OCCC#Cc1ccc(-c2ccc(OC3CN(C[C@@H](O)CO)C3)cc2)cc1. The Bertz CT molecular complexity index is 941. The van der Waals surface area contributed by atoms with Crippen LogP contribution in [0.1, 0.15) is 12.0 Å². The molecule has 0 aliphatic carbocycles. The van der Waals surface area contributed by atoms with Crippen molar-refractivity contribution in [2.45, 2.75) is 18.6 Å². The molecule has 1 atom stereocenters. The van der Waals surface area contributed by atoms with E-state index in [0.29, 0.717) is 6.54 Å². The first-order chi connectivity index (χ1) is 14.8. The minimum atomic E-state index is -4.43. The Hall–Kier alpha value is -2.21. The molecule has 3 rings (SSSR count). The molecule has 2 aromatic rings. The van der Waals surface area contributed by atoms with E-state index in [1.54, 1.807) is 0 Å². The maximum absolute atomic E-state index is 10.6. The molecule has 1 aliphatic rings. The van der Waals surface area contributed by atoms with Crippen molar-refractivity contribution in [1.82, 2.24) is 4.90 Å². The van der Waals surface area contributed by atoms with E-state index in [1.165, 1.54) is 0 Å². The summed E-state index contributed by atoms with van der Waals surface area (Å²) in [4.78, 5) is 19.3. The molecular weight excluding hydrogens is 421 g/mol. The number of phosphoric acid groups is 1. The van der Waals surface area contributed by atoms with E-state index in [2.05, 4.69) is 16.4 Å². The lowest BCUT2D eigenvalue weighted by Gasteiger charge is -2.39. The molecule has 2 aromatic carbocycles. The van der Waals surface area contributed by atoms with Gasteiger partial charge in [-0.05, 0) is 35.4 Å². The van der Waals surface area contributed by atoms with E-state index in [0.717, 1.165) is 35.5 Å². The Morgan fingerprint density at radius 2 is 1.68 bits per heavy atom. The monoisotopic (exact) mass is 447 g/mol. The summed E-state index contributed by atoms with van der Waals surface area (Å²) in [5.74, 6) is 6.55. The maximum Gasteiger partial charge on any atom is 0.469 e. The molecule has 9 heteroatoms. The summed E-state index contributed by atoms with van der Waals surface area (Å²) in [5, 5.41) is 18.3. The van der Waals surface area contributed by atoms with Gasteiger partial charge in [0.15, 0.2) is 0 Å². The van der Waals surface area contributed by atoms with Crippen molar-refractivity contribution < 1.29 is 33.8 Å². The highest BCUT2D eigenvalue weighted by molar-refractivity contribution is 7.46. The van der Waals surface area contributed by atoms with Crippen LogP contribution >= 0.6 is 7.82 Å². The largest absolute Gasteiger partial charge is 0.488 e. The predicted octanol–water partition coefficient (Wildman–Crippen LogP) is 1.62. The van der Waals surface area contributed by atoms with Crippen LogP contribution in [0.25, 0.3) is 11.1 Å². The van der Waals surface area contributed by atoms with Gasteiger partial charge in [-0.1, -0.05) is 36.1 Å². The Morgan fingerprint density at radius 3 is 2.26 bits per heavy atom. The molecule has 31 heavy (non-hydrogen) atoms. The van der Waals surface area contributed by atoms with Gasteiger partial charge in [0.25, 0.3) is 0 Å². The number of hydrogen-bond acceptors (Lipinski definition) is 6. The zero-order valence-corrected chi connectivity index (χ0v) is 17.8. The standard InChI is InChI=1S/C22H26NO7P/c24-16-20(25)13-23-14-22(15-23)30-21-10-8-19(9-11-21)18-6-4-17(5-7-18)3-1-2-12-29-31(26,27)28/h4-11,20,22,24-25H,2,12-16H2,(H2,26,27,28)/t20-/m1/s1. The van der Waals surface area contributed by atoms with Crippen molar-refractivity contribution in [3.05, 3.63) is 54.1 Å². The molecule has 1 fully saturated rings. The van der Waals surface area contributed by atoms with Gasteiger partial charge in [0.05, 0.1) is 19.3 Å². The Balaban J connectivity index is 1.46. The second kappa shape index (κ2) is 10.9. The average Bonchev–Trinajstić information content (AvgIpc) is 2.72. The number of ether oxygens (including phenoxy) is 1. The Morgan fingerprint density at radius 1 is 1.06 bits per heavy atom. The number of β-amino-alcohol motifs (C(OH)–C–C–N with tert-alkyl or cyclic N) is 1. The van der Waals surface area contributed by atoms with E-state index in [4.69, 9.17) is 19.6 Å². The van der Waals surface area contributed by atoms with Crippen LogP contribution in [0.5, 0.6) is 5.75 Å². The number of likely N-dealkylation sites (tertiary alicyclic amines) is 1. The highest BCUT2D eigenvalue weighted by atomic mass is 31.2. The number of hydrogen-bond donors (Lipinski definition) is 4. The van der Waals surface area contributed by atoms with Crippen molar-refractivity contribution in [3.8, 4) is 28.7 Å². The molecule has 0 spiro atoms. The normalized spacial score (nSPS) is 15.6. The fraction of sp³-hybridized carbons (Fsp3) is 0.364. The molecule has 0 bridgehead atoms. The van der Waals surface area contributed by atoms with E-state index >= 15 is 0 Å². The minimum absolute atomic E-state index is 0.0849. The first kappa shape index (κ1) is 23.5. The fourth-order valence-electron chi connectivity index (χ4n) is 3.15. The quantitative estimate of drug-likeness (QED) is 0.260. The van der Waals surface area contributed by atoms with Gasteiger partial charge in [0.1, 0.15) is 11.9 Å². The second-order valence-electron chi connectivity index (χ2n) is 7.27. The summed E-state index contributed by atoms with van der Waals surface area (Å²) in [6, 6.07) is 15.5. The number of nitrogens with zero attached hydrogens (tertiary/aromatic N) is 1. The van der Waals surface area contributed by atoms with Crippen molar-refractivity contribution >= 4 is 7.82 Å². The van der Waals surface area contributed by atoms with Gasteiger partial charge in [-0.15, -0.1) is 0 Å². The van der Waals surface area contributed by atoms with Crippen LogP contribution in [0.4, 0.5) is 0 Å². The number of aliphatic hydroxyl groups is 2.